The van der Waals surface area contributed by atoms with Crippen LogP contribution in [0, 0.1) is 0 Å². The number of ether oxygens (including phenoxy) is 4. The van der Waals surface area contributed by atoms with Gasteiger partial charge in [0.25, 0.3) is 5.91 Å². The van der Waals surface area contributed by atoms with E-state index in [1.807, 2.05) is 4.90 Å². The summed E-state index contributed by atoms with van der Waals surface area (Å²) in [7, 11) is 4.62. The molecule has 1 atom stereocenters. The molecule has 6 heteroatoms. The molecule has 0 bridgehead atoms. The summed E-state index contributed by atoms with van der Waals surface area (Å²) in [6, 6.07) is 11.8. The molecular formula is C23H29NO5. The smallest absolute Gasteiger partial charge is 0.254 e. The van der Waals surface area contributed by atoms with Gasteiger partial charge in [-0.2, -0.15) is 0 Å². The highest BCUT2D eigenvalue weighted by Gasteiger charge is 2.27. The first kappa shape index (κ1) is 21.0. The van der Waals surface area contributed by atoms with Crippen LogP contribution in [0.2, 0.25) is 0 Å². The van der Waals surface area contributed by atoms with Crippen LogP contribution in [-0.4, -0.2) is 51.8 Å². The van der Waals surface area contributed by atoms with Crippen LogP contribution < -0.4 is 14.2 Å². The van der Waals surface area contributed by atoms with E-state index >= 15 is 0 Å². The summed E-state index contributed by atoms with van der Waals surface area (Å²) in [6.45, 7) is 5.87. The molecule has 0 N–H and O–H groups in total. The Labute approximate surface area is 172 Å². The van der Waals surface area contributed by atoms with Gasteiger partial charge in [0.05, 0.1) is 34.5 Å². The van der Waals surface area contributed by atoms with E-state index in [2.05, 4.69) is 38.1 Å². The minimum atomic E-state index is -0.143. The van der Waals surface area contributed by atoms with Crippen LogP contribution in [0.5, 0.6) is 17.2 Å². The standard InChI is InChI=1S/C23H29NO5/c1-15(2)16-6-8-17(9-7-16)21-14-24(10-11-29-21)23(25)18-12-19(26-3)22(28-5)20(13-18)27-4/h6-9,12-13,15,21H,10-11,14H2,1-5H3. The van der Waals surface area contributed by atoms with E-state index in [9.17, 15) is 4.79 Å². The van der Waals surface area contributed by atoms with Crippen LogP contribution in [-0.2, 0) is 4.74 Å². The molecule has 0 radical (unpaired) electrons. The number of rotatable bonds is 6. The fourth-order valence-corrected chi connectivity index (χ4v) is 3.52. The van der Waals surface area contributed by atoms with E-state index in [1.165, 1.54) is 19.8 Å². The van der Waals surface area contributed by atoms with E-state index in [4.69, 9.17) is 18.9 Å². The van der Waals surface area contributed by atoms with E-state index < -0.39 is 0 Å². The van der Waals surface area contributed by atoms with Gasteiger partial charge in [0.1, 0.15) is 6.10 Å². The Morgan fingerprint density at radius 3 is 2.17 bits per heavy atom. The Hall–Kier alpha value is -2.73. The number of methoxy groups -OCH3 is 3. The molecule has 1 fully saturated rings. The maximum absolute atomic E-state index is 13.2. The molecule has 156 valence electrons. The van der Waals surface area contributed by atoms with Crippen LogP contribution in [0.15, 0.2) is 36.4 Å². The zero-order valence-corrected chi connectivity index (χ0v) is 17.7. The molecular weight excluding hydrogens is 370 g/mol. The highest BCUT2D eigenvalue weighted by Crippen LogP contribution is 2.38. The number of hydrogen-bond donors (Lipinski definition) is 0. The van der Waals surface area contributed by atoms with E-state index in [1.54, 1.807) is 19.2 Å². The minimum Gasteiger partial charge on any atom is -0.493 e. The molecule has 1 unspecified atom stereocenters. The lowest BCUT2D eigenvalue weighted by atomic mass is 9.99. The van der Waals surface area contributed by atoms with Gasteiger partial charge in [-0.25, -0.2) is 0 Å². The SMILES string of the molecule is COc1cc(C(=O)N2CCOC(c3ccc(C(C)C)cc3)C2)cc(OC)c1OC. The number of carbonyl (C=O) groups excluding carboxylic acids is 1. The Morgan fingerprint density at radius 1 is 1.03 bits per heavy atom. The average molecular weight is 399 g/mol. The molecule has 0 spiro atoms. The molecule has 2 aromatic rings. The first-order chi connectivity index (χ1) is 14.0. The highest BCUT2D eigenvalue weighted by molar-refractivity contribution is 5.95. The van der Waals surface area contributed by atoms with Crippen LogP contribution >= 0.6 is 0 Å². The fourth-order valence-electron chi connectivity index (χ4n) is 3.52. The summed E-state index contributed by atoms with van der Waals surface area (Å²) in [4.78, 5) is 15.0. The zero-order valence-electron chi connectivity index (χ0n) is 17.7. The number of morpholine rings is 1. The summed E-state index contributed by atoms with van der Waals surface area (Å²) in [5, 5.41) is 0. The largest absolute Gasteiger partial charge is 0.493 e. The first-order valence-corrected chi connectivity index (χ1v) is 9.79. The lowest BCUT2D eigenvalue weighted by molar-refractivity contribution is -0.0228. The van der Waals surface area contributed by atoms with Crippen molar-refractivity contribution in [3.63, 3.8) is 0 Å². The average Bonchev–Trinajstić information content (AvgIpc) is 2.77. The maximum Gasteiger partial charge on any atom is 0.254 e. The van der Waals surface area contributed by atoms with Crippen LogP contribution in [0.1, 0.15) is 47.4 Å². The van der Waals surface area contributed by atoms with Gasteiger partial charge in [-0.1, -0.05) is 38.1 Å². The quantitative estimate of drug-likeness (QED) is 0.734. The monoisotopic (exact) mass is 399 g/mol. The number of benzene rings is 2. The molecule has 1 aliphatic rings. The molecule has 6 nitrogen and oxygen atoms in total. The van der Waals surface area contributed by atoms with Gasteiger partial charge in [0.2, 0.25) is 5.75 Å². The molecule has 2 aromatic carbocycles. The lowest BCUT2D eigenvalue weighted by Crippen LogP contribution is -2.42. The first-order valence-electron chi connectivity index (χ1n) is 9.79. The van der Waals surface area contributed by atoms with Crippen molar-refractivity contribution in [1.82, 2.24) is 4.90 Å². The van der Waals surface area contributed by atoms with E-state index in [0.717, 1.165) is 5.56 Å². The fraction of sp³-hybridized carbons (Fsp3) is 0.435. The van der Waals surface area contributed by atoms with Gasteiger partial charge in [-0.3, -0.25) is 4.79 Å². The van der Waals surface area contributed by atoms with Gasteiger partial charge in [-0.15, -0.1) is 0 Å². The second kappa shape index (κ2) is 9.18. The Kier molecular flexibility index (Phi) is 6.64. The Balaban J connectivity index is 1.81. The second-order valence-electron chi connectivity index (χ2n) is 7.35. The van der Waals surface area contributed by atoms with Gasteiger partial charge in [0.15, 0.2) is 11.5 Å². The molecule has 29 heavy (non-hydrogen) atoms. The summed E-state index contributed by atoms with van der Waals surface area (Å²) in [5.74, 6) is 1.79. The number of nitrogens with zero attached hydrogens (tertiary/aromatic N) is 1. The lowest BCUT2D eigenvalue weighted by Gasteiger charge is -2.33. The third kappa shape index (κ3) is 4.48. The predicted octanol–water partition coefficient (Wildman–Crippen LogP) is 4.05. The van der Waals surface area contributed by atoms with Gasteiger partial charge in [-0.05, 0) is 29.2 Å². The van der Waals surface area contributed by atoms with Crippen LogP contribution in [0.4, 0.5) is 0 Å². The van der Waals surface area contributed by atoms with Crippen molar-refractivity contribution >= 4 is 5.91 Å². The van der Waals surface area contributed by atoms with E-state index in [-0.39, 0.29) is 12.0 Å². The molecule has 0 aliphatic carbocycles. The number of carbonyl (C=O) groups is 1. The van der Waals surface area contributed by atoms with Crippen molar-refractivity contribution in [2.24, 2.45) is 0 Å². The third-order valence-corrected chi connectivity index (χ3v) is 5.24. The van der Waals surface area contributed by atoms with Crippen molar-refractivity contribution in [1.29, 1.82) is 0 Å². The summed E-state index contributed by atoms with van der Waals surface area (Å²) in [5.41, 5.74) is 2.86. The van der Waals surface area contributed by atoms with Gasteiger partial charge >= 0.3 is 0 Å². The van der Waals surface area contributed by atoms with Crippen molar-refractivity contribution in [2.75, 3.05) is 41.0 Å². The van der Waals surface area contributed by atoms with Gasteiger partial charge in [0, 0.05) is 12.1 Å². The summed E-state index contributed by atoms with van der Waals surface area (Å²) >= 11 is 0. The molecule has 1 heterocycles. The Morgan fingerprint density at radius 2 is 1.66 bits per heavy atom. The Bertz CT molecular complexity index is 822. The van der Waals surface area contributed by atoms with Gasteiger partial charge < -0.3 is 23.8 Å². The molecule has 3 rings (SSSR count). The molecule has 1 aliphatic heterocycles. The number of amides is 1. The predicted molar refractivity (Wildman–Crippen MR) is 111 cm³/mol. The number of hydrogen-bond acceptors (Lipinski definition) is 5. The topological polar surface area (TPSA) is 57.2 Å². The van der Waals surface area contributed by atoms with Crippen molar-refractivity contribution in [2.45, 2.75) is 25.9 Å². The third-order valence-electron chi connectivity index (χ3n) is 5.24. The molecule has 0 saturated carbocycles. The molecule has 0 aromatic heterocycles. The molecule has 1 saturated heterocycles. The van der Waals surface area contributed by atoms with E-state index in [0.29, 0.717) is 48.4 Å². The van der Waals surface area contributed by atoms with Crippen molar-refractivity contribution in [3.8, 4) is 17.2 Å². The highest BCUT2D eigenvalue weighted by atomic mass is 16.5. The van der Waals surface area contributed by atoms with Crippen molar-refractivity contribution in [3.05, 3.63) is 53.1 Å². The normalized spacial score (nSPS) is 16.6. The zero-order chi connectivity index (χ0) is 21.0. The minimum absolute atomic E-state index is 0.0867. The summed E-state index contributed by atoms with van der Waals surface area (Å²) in [6.07, 6.45) is -0.143. The van der Waals surface area contributed by atoms with Crippen LogP contribution in [0.3, 0.4) is 0 Å². The van der Waals surface area contributed by atoms with Crippen LogP contribution in [0.25, 0.3) is 0 Å². The second-order valence-corrected chi connectivity index (χ2v) is 7.35. The van der Waals surface area contributed by atoms with Crippen molar-refractivity contribution < 1.29 is 23.7 Å². The maximum atomic E-state index is 13.2. The molecule has 1 amide bonds. The summed E-state index contributed by atoms with van der Waals surface area (Å²) < 4.78 is 22.0.